The molecule has 206 valence electrons. The third-order valence-corrected chi connectivity index (χ3v) is 9.29. The molecular weight excluding hydrogens is 490 g/mol. The number of ether oxygens (including phenoxy) is 1. The zero-order valence-corrected chi connectivity index (χ0v) is 23.0. The number of fused-ring (bicyclic) bond motifs is 1. The second-order valence-electron chi connectivity index (χ2n) is 12.8. The minimum Gasteiger partial charge on any atom is -0.410 e. The minimum atomic E-state index is -1.35. The quantitative estimate of drug-likeness (QED) is 0.461. The van der Waals surface area contributed by atoms with Crippen molar-refractivity contribution < 1.29 is 19.1 Å². The Morgan fingerprint density at radius 3 is 2.00 bits per heavy atom. The Hall–Kier alpha value is -3.35. The Bertz CT molecular complexity index is 1210. The number of rotatable bonds is 7. The smallest absolute Gasteiger partial charge is 0.410 e. The van der Waals surface area contributed by atoms with E-state index in [2.05, 4.69) is 19.2 Å². The van der Waals surface area contributed by atoms with Crippen molar-refractivity contribution in [3.05, 3.63) is 54.6 Å². The summed E-state index contributed by atoms with van der Waals surface area (Å²) in [6, 6.07) is 15.1. The van der Waals surface area contributed by atoms with Crippen LogP contribution in [0.15, 0.2) is 54.6 Å². The highest BCUT2D eigenvalue weighted by molar-refractivity contribution is 6.21. The lowest BCUT2D eigenvalue weighted by molar-refractivity contribution is -0.129. The highest BCUT2D eigenvalue weighted by Gasteiger charge is 2.53. The van der Waals surface area contributed by atoms with Crippen molar-refractivity contribution in [2.24, 2.45) is 29.1 Å². The van der Waals surface area contributed by atoms with E-state index in [1.54, 1.807) is 29.2 Å². The number of amides is 3. The van der Waals surface area contributed by atoms with Gasteiger partial charge in [0.15, 0.2) is 6.04 Å². The average Bonchev–Trinajstić information content (AvgIpc) is 2.96. The van der Waals surface area contributed by atoms with Crippen molar-refractivity contribution in [1.82, 2.24) is 5.32 Å². The van der Waals surface area contributed by atoms with Gasteiger partial charge < -0.3 is 19.9 Å². The van der Waals surface area contributed by atoms with Gasteiger partial charge in [-0.1, -0.05) is 44.2 Å². The molecule has 4 fully saturated rings. The number of hydrogen-bond donors (Lipinski definition) is 1. The van der Waals surface area contributed by atoms with Gasteiger partial charge in [0.2, 0.25) is 0 Å². The van der Waals surface area contributed by atoms with E-state index in [0.717, 1.165) is 54.8 Å². The maximum atomic E-state index is 14.3. The van der Waals surface area contributed by atoms with Gasteiger partial charge in [-0.3, -0.25) is 9.59 Å². The molecule has 2 aromatic carbocycles. The second kappa shape index (κ2) is 10.3. The van der Waals surface area contributed by atoms with E-state index in [1.165, 1.54) is 19.3 Å². The van der Waals surface area contributed by atoms with Crippen LogP contribution in [0.3, 0.4) is 0 Å². The first-order valence-electron chi connectivity index (χ1n) is 14.6. The molecule has 0 spiro atoms. The normalized spacial score (nSPS) is 29.4. The number of hydrogen-bond acceptors (Lipinski definition) is 4. The van der Waals surface area contributed by atoms with Crippen LogP contribution in [-0.4, -0.2) is 37.0 Å². The van der Waals surface area contributed by atoms with Gasteiger partial charge in [0.1, 0.15) is 5.75 Å². The highest BCUT2D eigenvalue weighted by Crippen LogP contribution is 2.60. The lowest BCUT2D eigenvalue weighted by Gasteiger charge is -2.57. The minimum absolute atomic E-state index is 0.0722. The molecule has 7 heteroatoms. The summed E-state index contributed by atoms with van der Waals surface area (Å²) in [4.78, 5) is 44.8. The third kappa shape index (κ3) is 5.15. The molecule has 1 N–H and O–H groups in total. The summed E-state index contributed by atoms with van der Waals surface area (Å²) in [5.41, 5.74) is 1.57. The van der Waals surface area contributed by atoms with Crippen LogP contribution in [0.5, 0.6) is 5.75 Å². The summed E-state index contributed by atoms with van der Waals surface area (Å²) < 4.78 is 5.44. The summed E-state index contributed by atoms with van der Waals surface area (Å²) in [5, 5.41) is 2.65. The van der Waals surface area contributed by atoms with E-state index in [0.29, 0.717) is 24.8 Å². The fourth-order valence-electron chi connectivity index (χ4n) is 8.04. The Morgan fingerprint density at radius 2 is 1.41 bits per heavy atom. The first kappa shape index (κ1) is 25.9. The molecule has 0 radical (unpaired) electrons. The van der Waals surface area contributed by atoms with Crippen molar-refractivity contribution >= 4 is 29.3 Å². The number of benzene rings is 2. The zero-order chi connectivity index (χ0) is 27.1. The molecule has 2 aromatic rings. The maximum absolute atomic E-state index is 14.3. The Morgan fingerprint density at radius 1 is 0.872 bits per heavy atom. The van der Waals surface area contributed by atoms with Crippen LogP contribution in [0, 0.1) is 29.1 Å². The molecule has 4 aliphatic carbocycles. The number of carbonyl (C=O) groups excluding carboxylic acids is 3. The summed E-state index contributed by atoms with van der Waals surface area (Å²) in [5.74, 6) is 2.18. The van der Waals surface area contributed by atoms with E-state index in [4.69, 9.17) is 4.74 Å². The van der Waals surface area contributed by atoms with Gasteiger partial charge >= 0.3 is 6.09 Å². The molecule has 0 saturated heterocycles. The van der Waals surface area contributed by atoms with Gasteiger partial charge in [0.25, 0.3) is 11.8 Å². The van der Waals surface area contributed by atoms with Gasteiger partial charge in [-0.05, 0) is 98.3 Å². The lowest BCUT2D eigenvalue weighted by Crippen LogP contribution is -2.58. The standard InChI is InChI=1S/C32H39N3O4/c1-21(2)12-13-34-26-10-6-7-11-27(26)35(20-32-17-22-14-23(18-32)16-24(15-22)19-32)30(37)28(29(34)36)33-31(38)39-25-8-4-3-5-9-25/h3-11,21-24,28H,12-20H2,1-2H3,(H,33,38). The molecule has 7 rings (SSSR count). The molecule has 3 amide bonds. The van der Waals surface area contributed by atoms with Crippen molar-refractivity contribution in [2.45, 2.75) is 64.8 Å². The van der Waals surface area contributed by atoms with E-state index < -0.39 is 18.0 Å². The Kier molecular flexibility index (Phi) is 6.86. The first-order valence-corrected chi connectivity index (χ1v) is 14.6. The maximum Gasteiger partial charge on any atom is 0.413 e. The first-order chi connectivity index (χ1) is 18.8. The van der Waals surface area contributed by atoms with Crippen LogP contribution in [0.2, 0.25) is 0 Å². The molecule has 7 nitrogen and oxygen atoms in total. The Balaban J connectivity index is 1.34. The van der Waals surface area contributed by atoms with E-state index in [9.17, 15) is 14.4 Å². The predicted octanol–water partition coefficient (Wildman–Crippen LogP) is 5.79. The zero-order valence-electron chi connectivity index (χ0n) is 23.0. The molecule has 1 atom stereocenters. The predicted molar refractivity (Wildman–Crippen MR) is 151 cm³/mol. The summed E-state index contributed by atoms with van der Waals surface area (Å²) in [6.07, 6.45) is 7.36. The average molecular weight is 530 g/mol. The van der Waals surface area contributed by atoms with Gasteiger partial charge in [0.05, 0.1) is 11.4 Å². The van der Waals surface area contributed by atoms with E-state index in [1.807, 2.05) is 35.2 Å². The number of para-hydroxylation sites is 3. The number of nitrogens with zero attached hydrogens (tertiary/aromatic N) is 2. The van der Waals surface area contributed by atoms with Crippen molar-refractivity contribution in [3.63, 3.8) is 0 Å². The van der Waals surface area contributed by atoms with Crippen LogP contribution >= 0.6 is 0 Å². The van der Waals surface area contributed by atoms with Gasteiger partial charge in [-0.2, -0.15) is 0 Å². The molecule has 1 aliphatic heterocycles. The number of nitrogens with one attached hydrogen (secondary N) is 1. The second-order valence-corrected chi connectivity index (χ2v) is 12.8. The molecule has 39 heavy (non-hydrogen) atoms. The van der Waals surface area contributed by atoms with E-state index in [-0.39, 0.29) is 11.3 Å². The van der Waals surface area contributed by atoms with Gasteiger partial charge in [-0.15, -0.1) is 0 Å². The third-order valence-electron chi connectivity index (χ3n) is 9.29. The molecule has 5 aliphatic rings. The largest absolute Gasteiger partial charge is 0.413 e. The number of carbonyl (C=O) groups is 3. The molecule has 1 heterocycles. The lowest BCUT2D eigenvalue weighted by atomic mass is 9.49. The number of anilines is 2. The van der Waals surface area contributed by atoms with E-state index >= 15 is 0 Å². The fraction of sp³-hybridized carbons (Fsp3) is 0.531. The molecule has 4 saturated carbocycles. The van der Waals surface area contributed by atoms with Crippen LogP contribution in [0.4, 0.5) is 16.2 Å². The van der Waals surface area contributed by atoms with Crippen LogP contribution in [-0.2, 0) is 9.59 Å². The van der Waals surface area contributed by atoms with Gasteiger partial charge in [-0.25, -0.2) is 4.79 Å². The summed E-state index contributed by atoms with van der Waals surface area (Å²) >= 11 is 0. The van der Waals surface area contributed by atoms with Crippen LogP contribution in [0.25, 0.3) is 0 Å². The molecule has 4 bridgehead atoms. The fourth-order valence-corrected chi connectivity index (χ4v) is 8.04. The molecule has 1 unspecified atom stereocenters. The monoisotopic (exact) mass is 529 g/mol. The molecule has 0 aromatic heterocycles. The topological polar surface area (TPSA) is 79.0 Å². The van der Waals surface area contributed by atoms with Crippen molar-refractivity contribution in [1.29, 1.82) is 0 Å². The Labute approximate surface area is 230 Å². The van der Waals surface area contributed by atoms with Crippen LogP contribution in [0.1, 0.15) is 58.8 Å². The van der Waals surface area contributed by atoms with Gasteiger partial charge in [0, 0.05) is 13.1 Å². The SMILES string of the molecule is CC(C)CCN1C(=O)C(NC(=O)Oc2ccccc2)C(=O)N(CC23CC4CC(CC(C4)C2)C3)c2ccccc21. The highest BCUT2D eigenvalue weighted by atomic mass is 16.6. The van der Waals surface area contributed by atoms with Crippen molar-refractivity contribution in [3.8, 4) is 5.75 Å². The summed E-state index contributed by atoms with van der Waals surface area (Å²) in [6.45, 7) is 5.29. The molecular formula is C32H39N3O4. The van der Waals surface area contributed by atoms with Crippen LogP contribution < -0.4 is 19.9 Å². The summed E-state index contributed by atoms with van der Waals surface area (Å²) in [7, 11) is 0. The van der Waals surface area contributed by atoms with Crippen molar-refractivity contribution in [2.75, 3.05) is 22.9 Å².